The predicted octanol–water partition coefficient (Wildman–Crippen LogP) is 2.52. The van der Waals surface area contributed by atoms with Gasteiger partial charge in [0.2, 0.25) is 0 Å². The minimum absolute atomic E-state index is 0.264. The summed E-state index contributed by atoms with van der Waals surface area (Å²) in [4.78, 5) is 11.8. The number of carbonyl (C=O) groups excluding carboxylic acids is 1. The Hall–Kier alpha value is -2.14. The smallest absolute Gasteiger partial charge is 0.271 e. The molecule has 2 rings (SSSR count). The summed E-state index contributed by atoms with van der Waals surface area (Å²) in [5.74, 6) is 0.379. The molecule has 5 heteroatoms. The largest absolute Gasteiger partial charge is 0.497 e. The molecule has 92 valence electrons. The first-order valence-electron chi connectivity index (χ1n) is 5.29. The monoisotopic (exact) mass is 260 g/mol. The van der Waals surface area contributed by atoms with Gasteiger partial charge in [0, 0.05) is 11.1 Å². The van der Waals surface area contributed by atoms with E-state index in [0.29, 0.717) is 11.3 Å². The lowest BCUT2D eigenvalue weighted by Gasteiger charge is -2.02. The molecule has 0 aliphatic rings. The van der Waals surface area contributed by atoms with E-state index in [1.165, 1.54) is 0 Å². The van der Waals surface area contributed by atoms with E-state index >= 15 is 0 Å². The number of hydrazone groups is 1. The number of carbonyl (C=O) groups is 1. The van der Waals surface area contributed by atoms with Gasteiger partial charge in [-0.1, -0.05) is 6.07 Å². The van der Waals surface area contributed by atoms with Crippen molar-refractivity contribution in [3.8, 4) is 5.75 Å². The quantitative estimate of drug-likeness (QED) is 0.678. The van der Waals surface area contributed by atoms with Gasteiger partial charge in [0.25, 0.3) is 5.91 Å². The lowest BCUT2D eigenvalue weighted by atomic mass is 10.2. The minimum atomic E-state index is -0.264. The maximum atomic E-state index is 11.8. The van der Waals surface area contributed by atoms with Crippen LogP contribution < -0.4 is 10.2 Å². The van der Waals surface area contributed by atoms with Crippen LogP contribution in [0.4, 0.5) is 0 Å². The summed E-state index contributed by atoms with van der Waals surface area (Å²) in [5.41, 5.74) is 3.94. The summed E-state index contributed by atoms with van der Waals surface area (Å²) in [6, 6.07) is 8.83. The van der Waals surface area contributed by atoms with Crippen LogP contribution >= 0.6 is 11.3 Å². The molecule has 0 atom stereocenters. The highest BCUT2D eigenvalue weighted by atomic mass is 32.1. The van der Waals surface area contributed by atoms with E-state index in [9.17, 15) is 4.79 Å². The van der Waals surface area contributed by atoms with Gasteiger partial charge in [-0.2, -0.15) is 16.4 Å². The molecule has 0 unspecified atom stereocenters. The van der Waals surface area contributed by atoms with Crippen molar-refractivity contribution >= 4 is 23.5 Å². The molecule has 1 amide bonds. The molecule has 0 radical (unpaired) electrons. The molecular formula is C13H12N2O2S. The van der Waals surface area contributed by atoms with Crippen LogP contribution in [0.5, 0.6) is 5.75 Å². The molecular weight excluding hydrogens is 248 g/mol. The van der Waals surface area contributed by atoms with Crippen molar-refractivity contribution in [3.63, 3.8) is 0 Å². The van der Waals surface area contributed by atoms with E-state index in [1.807, 2.05) is 16.8 Å². The number of rotatable bonds is 4. The second-order valence-corrected chi connectivity index (χ2v) is 4.27. The van der Waals surface area contributed by atoms with Crippen molar-refractivity contribution in [1.29, 1.82) is 0 Å². The van der Waals surface area contributed by atoms with Gasteiger partial charge in [-0.05, 0) is 35.0 Å². The molecule has 1 aromatic carbocycles. The number of thiophene rings is 1. The fourth-order valence-corrected chi connectivity index (χ4v) is 1.95. The Morgan fingerprint density at radius 3 is 3.06 bits per heavy atom. The van der Waals surface area contributed by atoms with Crippen LogP contribution in [0.1, 0.15) is 15.9 Å². The lowest BCUT2D eigenvalue weighted by molar-refractivity contribution is 0.0955. The van der Waals surface area contributed by atoms with Crippen LogP contribution in [-0.2, 0) is 0 Å². The second-order valence-electron chi connectivity index (χ2n) is 3.49. The van der Waals surface area contributed by atoms with Crippen LogP contribution in [0.2, 0.25) is 0 Å². The average Bonchev–Trinajstić information content (AvgIpc) is 2.92. The van der Waals surface area contributed by atoms with Gasteiger partial charge < -0.3 is 4.74 Å². The number of benzene rings is 1. The number of methoxy groups -OCH3 is 1. The normalized spacial score (nSPS) is 10.5. The molecule has 2 aromatic rings. The second kappa shape index (κ2) is 5.97. The number of amides is 1. The Bertz CT molecular complexity index is 550. The van der Waals surface area contributed by atoms with E-state index in [4.69, 9.17) is 4.74 Å². The van der Waals surface area contributed by atoms with Crippen LogP contribution in [0.15, 0.2) is 46.2 Å². The molecule has 0 aliphatic heterocycles. The van der Waals surface area contributed by atoms with E-state index in [2.05, 4.69) is 10.5 Å². The van der Waals surface area contributed by atoms with Gasteiger partial charge in [0.05, 0.1) is 13.3 Å². The molecule has 1 aromatic heterocycles. The number of hydrogen-bond donors (Lipinski definition) is 1. The van der Waals surface area contributed by atoms with E-state index < -0.39 is 0 Å². The molecule has 18 heavy (non-hydrogen) atoms. The molecule has 1 heterocycles. The molecule has 0 spiro atoms. The highest BCUT2D eigenvalue weighted by molar-refractivity contribution is 7.08. The summed E-state index contributed by atoms with van der Waals surface area (Å²) in [6.07, 6.45) is 1.61. The Morgan fingerprint density at radius 2 is 2.33 bits per heavy atom. The summed E-state index contributed by atoms with van der Waals surface area (Å²) in [6.45, 7) is 0. The maximum Gasteiger partial charge on any atom is 0.271 e. The summed E-state index contributed by atoms with van der Waals surface area (Å²) in [5, 5.41) is 7.78. The SMILES string of the molecule is COc1cccc(C(=O)N/N=C\c2ccsc2)c1. The predicted molar refractivity (Wildman–Crippen MR) is 72.4 cm³/mol. The highest BCUT2D eigenvalue weighted by Crippen LogP contribution is 2.12. The zero-order chi connectivity index (χ0) is 12.8. The summed E-state index contributed by atoms with van der Waals surface area (Å²) < 4.78 is 5.05. The number of ether oxygens (including phenoxy) is 1. The summed E-state index contributed by atoms with van der Waals surface area (Å²) >= 11 is 1.58. The first-order valence-corrected chi connectivity index (χ1v) is 6.23. The molecule has 0 bridgehead atoms. The van der Waals surface area contributed by atoms with Gasteiger partial charge >= 0.3 is 0 Å². The molecule has 4 nitrogen and oxygen atoms in total. The molecule has 1 N–H and O–H groups in total. The molecule has 0 aliphatic carbocycles. The third kappa shape index (κ3) is 3.18. The van der Waals surface area contributed by atoms with Gasteiger partial charge in [-0.15, -0.1) is 0 Å². The fourth-order valence-electron chi connectivity index (χ4n) is 1.34. The van der Waals surface area contributed by atoms with Gasteiger partial charge in [0.15, 0.2) is 0 Å². The molecule has 0 saturated heterocycles. The Morgan fingerprint density at radius 1 is 1.44 bits per heavy atom. The standard InChI is InChI=1S/C13H12N2O2S/c1-17-12-4-2-3-11(7-12)13(16)15-14-8-10-5-6-18-9-10/h2-9H,1H3,(H,15,16)/b14-8-. The van der Waals surface area contributed by atoms with Crippen LogP contribution in [0, 0.1) is 0 Å². The number of nitrogens with one attached hydrogen (secondary N) is 1. The topological polar surface area (TPSA) is 50.7 Å². The van der Waals surface area contributed by atoms with Crippen molar-refractivity contribution in [2.75, 3.05) is 7.11 Å². The highest BCUT2D eigenvalue weighted by Gasteiger charge is 2.04. The van der Waals surface area contributed by atoms with Gasteiger partial charge in [-0.3, -0.25) is 4.79 Å². The number of nitrogens with zero attached hydrogens (tertiary/aromatic N) is 1. The maximum absolute atomic E-state index is 11.8. The van der Waals surface area contributed by atoms with E-state index in [0.717, 1.165) is 5.56 Å². The van der Waals surface area contributed by atoms with Crippen molar-refractivity contribution < 1.29 is 9.53 Å². The average molecular weight is 260 g/mol. The van der Waals surface area contributed by atoms with Crippen LogP contribution in [0.3, 0.4) is 0 Å². The van der Waals surface area contributed by atoms with E-state index in [-0.39, 0.29) is 5.91 Å². The number of hydrogen-bond acceptors (Lipinski definition) is 4. The first kappa shape index (κ1) is 12.3. The van der Waals surface area contributed by atoms with Crippen molar-refractivity contribution in [2.24, 2.45) is 5.10 Å². The van der Waals surface area contributed by atoms with Gasteiger partial charge in [0.1, 0.15) is 5.75 Å². The lowest BCUT2D eigenvalue weighted by Crippen LogP contribution is -2.17. The van der Waals surface area contributed by atoms with Crippen molar-refractivity contribution in [3.05, 3.63) is 52.2 Å². The van der Waals surface area contributed by atoms with Crippen LogP contribution in [-0.4, -0.2) is 19.2 Å². The first-order chi connectivity index (χ1) is 8.79. The van der Waals surface area contributed by atoms with Crippen LogP contribution in [0.25, 0.3) is 0 Å². The molecule has 0 saturated carbocycles. The summed E-state index contributed by atoms with van der Waals surface area (Å²) in [7, 11) is 1.56. The third-order valence-corrected chi connectivity index (χ3v) is 2.96. The van der Waals surface area contributed by atoms with Crippen molar-refractivity contribution in [1.82, 2.24) is 5.43 Å². The minimum Gasteiger partial charge on any atom is -0.497 e. The Labute approximate surface area is 109 Å². The van der Waals surface area contributed by atoms with Crippen molar-refractivity contribution in [2.45, 2.75) is 0 Å². The molecule has 0 fully saturated rings. The zero-order valence-electron chi connectivity index (χ0n) is 9.79. The zero-order valence-corrected chi connectivity index (χ0v) is 10.6. The Kier molecular flexibility index (Phi) is 4.09. The Balaban J connectivity index is 1.99. The third-order valence-electron chi connectivity index (χ3n) is 2.25. The fraction of sp³-hybridized carbons (Fsp3) is 0.0769. The van der Waals surface area contributed by atoms with E-state index in [1.54, 1.807) is 48.9 Å². The van der Waals surface area contributed by atoms with Gasteiger partial charge in [-0.25, -0.2) is 5.43 Å².